The Bertz CT molecular complexity index is 338. The number of benzene rings is 1. The van der Waals surface area contributed by atoms with Crippen LogP contribution in [0.25, 0.3) is 0 Å². The maximum atomic E-state index is 6.04. The van der Waals surface area contributed by atoms with Crippen LogP contribution in [0.1, 0.15) is 39.2 Å². The van der Waals surface area contributed by atoms with E-state index < -0.39 is 0 Å². The van der Waals surface area contributed by atoms with E-state index in [-0.39, 0.29) is 0 Å². The smallest absolute Gasteiger partial charge is 0.164 e. The molecule has 0 bridgehead atoms. The van der Waals surface area contributed by atoms with Crippen molar-refractivity contribution in [2.45, 2.75) is 40.0 Å². The predicted octanol–water partition coefficient (Wildman–Crippen LogP) is 3.40. The monoisotopic (exact) mass is 265 g/mol. The zero-order valence-electron chi connectivity index (χ0n) is 12.4. The molecule has 0 atom stereocenters. The molecule has 0 spiro atoms. The summed E-state index contributed by atoms with van der Waals surface area (Å²) in [6, 6.07) is 6.03. The molecule has 1 aromatic rings. The number of rotatable bonds is 9. The number of hydrogen-bond donors (Lipinski definition) is 1. The zero-order valence-corrected chi connectivity index (χ0v) is 12.4. The molecule has 0 fully saturated rings. The van der Waals surface area contributed by atoms with Crippen molar-refractivity contribution in [1.82, 2.24) is 0 Å². The molecule has 0 unspecified atom stereocenters. The van der Waals surface area contributed by atoms with Crippen LogP contribution in [0.2, 0.25) is 0 Å². The van der Waals surface area contributed by atoms with Crippen molar-refractivity contribution in [3.8, 4) is 11.5 Å². The van der Waals surface area contributed by atoms with Crippen LogP contribution in [0.15, 0.2) is 18.2 Å². The Labute approximate surface area is 117 Å². The van der Waals surface area contributed by atoms with Crippen LogP contribution < -0.4 is 15.2 Å². The maximum absolute atomic E-state index is 6.04. The molecule has 0 saturated carbocycles. The van der Waals surface area contributed by atoms with Gasteiger partial charge in [-0.1, -0.05) is 38.8 Å². The first-order valence-electron chi connectivity index (χ1n) is 7.34. The second-order valence-corrected chi connectivity index (χ2v) is 4.71. The highest BCUT2D eigenvalue weighted by Gasteiger charge is 2.12. The van der Waals surface area contributed by atoms with Crippen molar-refractivity contribution in [1.29, 1.82) is 0 Å². The minimum atomic E-state index is 0.598. The van der Waals surface area contributed by atoms with Crippen LogP contribution in [0, 0.1) is 5.92 Å². The van der Waals surface area contributed by atoms with Gasteiger partial charge in [0.05, 0.1) is 13.2 Å². The Balaban J connectivity index is 2.86. The van der Waals surface area contributed by atoms with E-state index in [4.69, 9.17) is 15.2 Å². The third-order valence-corrected chi connectivity index (χ3v) is 3.39. The highest BCUT2D eigenvalue weighted by Crippen LogP contribution is 2.32. The second-order valence-electron chi connectivity index (χ2n) is 4.71. The molecule has 0 heterocycles. The maximum Gasteiger partial charge on any atom is 0.164 e. The molecule has 3 heteroatoms. The largest absolute Gasteiger partial charge is 0.490 e. The lowest BCUT2D eigenvalue weighted by Crippen LogP contribution is -2.13. The molecule has 0 amide bonds. The Morgan fingerprint density at radius 2 is 1.84 bits per heavy atom. The molecule has 0 aliphatic carbocycles. The van der Waals surface area contributed by atoms with Crippen molar-refractivity contribution in [2.24, 2.45) is 11.7 Å². The number of para-hydroxylation sites is 1. The van der Waals surface area contributed by atoms with Gasteiger partial charge in [-0.3, -0.25) is 0 Å². The summed E-state index contributed by atoms with van der Waals surface area (Å²) in [5, 5.41) is 0. The van der Waals surface area contributed by atoms with Crippen LogP contribution >= 0.6 is 0 Å². The van der Waals surface area contributed by atoms with Gasteiger partial charge in [-0.15, -0.1) is 0 Å². The van der Waals surface area contributed by atoms with E-state index >= 15 is 0 Å². The van der Waals surface area contributed by atoms with Gasteiger partial charge in [0.15, 0.2) is 11.5 Å². The van der Waals surface area contributed by atoms with E-state index in [0.29, 0.717) is 19.1 Å². The summed E-state index contributed by atoms with van der Waals surface area (Å²) in [5.74, 6) is 2.31. The van der Waals surface area contributed by atoms with Crippen LogP contribution in [0.4, 0.5) is 0 Å². The first-order chi connectivity index (χ1) is 9.26. The van der Waals surface area contributed by atoms with Gasteiger partial charge in [0.2, 0.25) is 0 Å². The first-order valence-corrected chi connectivity index (χ1v) is 7.34. The van der Waals surface area contributed by atoms with Gasteiger partial charge in [-0.2, -0.15) is 0 Å². The van der Waals surface area contributed by atoms with E-state index in [1.54, 1.807) is 0 Å². The third-order valence-electron chi connectivity index (χ3n) is 3.39. The van der Waals surface area contributed by atoms with E-state index in [1.165, 1.54) is 0 Å². The van der Waals surface area contributed by atoms with Gasteiger partial charge >= 0.3 is 0 Å². The average molecular weight is 265 g/mol. The van der Waals surface area contributed by atoms with Gasteiger partial charge in [0, 0.05) is 0 Å². The average Bonchev–Trinajstić information content (AvgIpc) is 2.43. The lowest BCUT2D eigenvalue weighted by atomic mass is 10.1. The van der Waals surface area contributed by atoms with Crippen molar-refractivity contribution in [3.05, 3.63) is 23.8 Å². The molecule has 0 radical (unpaired) electrons. The lowest BCUT2D eigenvalue weighted by molar-refractivity contribution is 0.223. The Morgan fingerprint density at radius 3 is 2.42 bits per heavy atom. The minimum Gasteiger partial charge on any atom is -0.490 e. The number of ether oxygens (including phenoxy) is 2. The molecule has 19 heavy (non-hydrogen) atoms. The van der Waals surface area contributed by atoms with Crippen LogP contribution in [0.5, 0.6) is 11.5 Å². The summed E-state index contributed by atoms with van der Waals surface area (Å²) in [7, 11) is 0. The molecule has 0 aliphatic heterocycles. The quantitative estimate of drug-likeness (QED) is 0.744. The van der Waals surface area contributed by atoms with Crippen molar-refractivity contribution in [2.75, 3.05) is 19.8 Å². The predicted molar refractivity (Wildman–Crippen MR) is 79.9 cm³/mol. The summed E-state index contributed by atoms with van der Waals surface area (Å²) in [5.41, 5.74) is 6.80. The molecule has 1 aromatic carbocycles. The van der Waals surface area contributed by atoms with Gasteiger partial charge in [-0.05, 0) is 37.4 Å². The Hall–Kier alpha value is -1.22. The Morgan fingerprint density at radius 1 is 1.11 bits per heavy atom. The lowest BCUT2D eigenvalue weighted by Gasteiger charge is -2.19. The highest BCUT2D eigenvalue weighted by molar-refractivity contribution is 5.46. The fourth-order valence-electron chi connectivity index (χ4n) is 2.07. The van der Waals surface area contributed by atoms with Crippen molar-refractivity contribution in [3.63, 3.8) is 0 Å². The topological polar surface area (TPSA) is 44.5 Å². The normalized spacial score (nSPS) is 10.8. The summed E-state index contributed by atoms with van der Waals surface area (Å²) in [4.78, 5) is 0. The van der Waals surface area contributed by atoms with Crippen LogP contribution in [0.3, 0.4) is 0 Å². The molecular formula is C16H27NO2. The molecule has 0 saturated heterocycles. The second kappa shape index (κ2) is 8.81. The van der Waals surface area contributed by atoms with Crippen molar-refractivity contribution < 1.29 is 9.47 Å². The minimum absolute atomic E-state index is 0.598. The standard InChI is InChI=1S/C16H27NO2/c1-4-13(5-2)12-19-16-14(10-11-17)8-7-9-15(16)18-6-3/h7-9,13H,4-6,10-12,17H2,1-3H3. The van der Waals surface area contributed by atoms with Gasteiger partial charge in [-0.25, -0.2) is 0 Å². The van der Waals surface area contributed by atoms with Gasteiger partial charge in [0.1, 0.15) is 0 Å². The molecule has 0 aliphatic rings. The molecule has 3 nitrogen and oxygen atoms in total. The number of nitrogens with two attached hydrogens (primary N) is 1. The summed E-state index contributed by atoms with van der Waals surface area (Å²) >= 11 is 0. The molecule has 1 rings (SSSR count). The number of hydrogen-bond acceptors (Lipinski definition) is 3. The van der Waals surface area contributed by atoms with E-state index in [1.807, 2.05) is 19.1 Å². The Kier molecular flexibility index (Phi) is 7.34. The summed E-state index contributed by atoms with van der Waals surface area (Å²) in [6.45, 7) is 8.40. The molecule has 0 aromatic heterocycles. The summed E-state index contributed by atoms with van der Waals surface area (Å²) < 4.78 is 11.7. The summed E-state index contributed by atoms with van der Waals surface area (Å²) in [6.07, 6.45) is 3.10. The van der Waals surface area contributed by atoms with E-state index in [9.17, 15) is 0 Å². The fraction of sp³-hybridized carbons (Fsp3) is 0.625. The van der Waals surface area contributed by atoms with Crippen molar-refractivity contribution >= 4 is 0 Å². The zero-order chi connectivity index (χ0) is 14.1. The van der Waals surface area contributed by atoms with Crippen LogP contribution in [-0.2, 0) is 6.42 Å². The van der Waals surface area contributed by atoms with Gasteiger partial charge < -0.3 is 15.2 Å². The van der Waals surface area contributed by atoms with E-state index in [2.05, 4.69) is 19.9 Å². The first kappa shape index (κ1) is 15.8. The SMILES string of the molecule is CCOc1cccc(CCN)c1OCC(CC)CC. The third kappa shape index (κ3) is 4.75. The van der Waals surface area contributed by atoms with E-state index in [0.717, 1.165) is 42.9 Å². The fourth-order valence-corrected chi connectivity index (χ4v) is 2.07. The van der Waals surface area contributed by atoms with Crippen LogP contribution in [-0.4, -0.2) is 19.8 Å². The molecule has 2 N–H and O–H groups in total. The van der Waals surface area contributed by atoms with Gasteiger partial charge in [0.25, 0.3) is 0 Å². The molecule has 108 valence electrons. The highest BCUT2D eigenvalue weighted by atomic mass is 16.5. The molecular weight excluding hydrogens is 238 g/mol.